The third-order valence-corrected chi connectivity index (χ3v) is 6.70. The third kappa shape index (κ3) is 5.20. The van der Waals surface area contributed by atoms with Gasteiger partial charge in [0.25, 0.3) is 6.43 Å². The van der Waals surface area contributed by atoms with Gasteiger partial charge in [0.2, 0.25) is 11.8 Å². The van der Waals surface area contributed by atoms with E-state index in [1.165, 1.54) is 0 Å². The highest BCUT2D eigenvalue weighted by atomic mass is 19.3. The SMILES string of the molecule is O=C(Nc1cc(F)cc(C(F)F)c1)C1CCC2(CC1)CN(CC(=O)N1CCOCC1)C2. The Morgan fingerprint density at radius 3 is 2.45 bits per heavy atom. The molecule has 9 heteroatoms. The maximum atomic E-state index is 13.6. The highest BCUT2D eigenvalue weighted by molar-refractivity contribution is 5.92. The Morgan fingerprint density at radius 1 is 1.13 bits per heavy atom. The van der Waals surface area contributed by atoms with E-state index in [0.29, 0.717) is 45.7 Å². The standard InChI is InChI=1S/C22H28F3N3O3/c23-17-9-16(20(24)25)10-18(11-17)26-21(30)15-1-3-22(4-2-15)13-27(14-22)12-19(29)28-5-7-31-8-6-28/h9-11,15,20H,1-8,12-14H2,(H,26,30). The largest absolute Gasteiger partial charge is 0.378 e. The minimum absolute atomic E-state index is 0.0667. The summed E-state index contributed by atoms with van der Waals surface area (Å²) >= 11 is 0. The number of amides is 2. The van der Waals surface area contributed by atoms with Crippen LogP contribution in [0.25, 0.3) is 0 Å². The summed E-state index contributed by atoms with van der Waals surface area (Å²) in [5.41, 5.74) is -0.222. The molecule has 1 aromatic rings. The normalized spacial score (nSPS) is 21.9. The number of anilines is 1. The summed E-state index contributed by atoms with van der Waals surface area (Å²) in [5.74, 6) is -1.12. The van der Waals surface area contributed by atoms with Gasteiger partial charge in [-0.3, -0.25) is 14.5 Å². The van der Waals surface area contributed by atoms with Crippen LogP contribution in [0, 0.1) is 17.2 Å². The average molecular weight is 439 g/mol. The molecule has 2 saturated heterocycles. The molecule has 3 aliphatic rings. The zero-order valence-electron chi connectivity index (χ0n) is 17.4. The van der Waals surface area contributed by atoms with Crippen LogP contribution in [-0.4, -0.2) is 67.6 Å². The third-order valence-electron chi connectivity index (χ3n) is 6.70. The summed E-state index contributed by atoms with van der Waals surface area (Å²) in [6.07, 6.45) is 0.386. The molecule has 0 unspecified atom stereocenters. The lowest BCUT2D eigenvalue weighted by molar-refractivity contribution is -0.141. The number of hydrogen-bond acceptors (Lipinski definition) is 4. The van der Waals surface area contributed by atoms with Crippen LogP contribution in [-0.2, 0) is 14.3 Å². The molecule has 0 aromatic heterocycles. The number of carbonyl (C=O) groups excluding carboxylic acids is 2. The molecular weight excluding hydrogens is 411 g/mol. The van der Waals surface area contributed by atoms with Crippen LogP contribution in [0.5, 0.6) is 0 Å². The molecule has 6 nitrogen and oxygen atoms in total. The van der Waals surface area contributed by atoms with E-state index >= 15 is 0 Å². The van der Waals surface area contributed by atoms with Crippen molar-refractivity contribution in [2.24, 2.45) is 11.3 Å². The van der Waals surface area contributed by atoms with E-state index in [0.717, 1.165) is 44.1 Å². The average Bonchev–Trinajstić information content (AvgIpc) is 2.73. The Hall–Kier alpha value is -2.13. The molecule has 1 spiro atoms. The number of ether oxygens (including phenoxy) is 1. The van der Waals surface area contributed by atoms with Crippen molar-refractivity contribution >= 4 is 17.5 Å². The van der Waals surface area contributed by atoms with E-state index in [-0.39, 0.29) is 28.8 Å². The fourth-order valence-corrected chi connectivity index (χ4v) is 4.98. The first kappa shape index (κ1) is 22.1. The molecule has 170 valence electrons. The molecule has 1 aromatic carbocycles. The monoisotopic (exact) mass is 439 g/mol. The number of carbonyl (C=O) groups is 2. The molecule has 2 heterocycles. The van der Waals surface area contributed by atoms with Gasteiger partial charge in [-0.05, 0) is 49.3 Å². The second-order valence-electron chi connectivity index (χ2n) is 8.98. The number of alkyl halides is 2. The quantitative estimate of drug-likeness (QED) is 0.766. The fraction of sp³-hybridized carbons (Fsp3) is 0.636. The molecule has 2 amide bonds. The Balaban J connectivity index is 1.23. The molecular formula is C22H28F3N3O3. The van der Waals surface area contributed by atoms with E-state index < -0.39 is 17.8 Å². The molecule has 1 aliphatic carbocycles. The number of hydrogen-bond donors (Lipinski definition) is 1. The number of rotatable bonds is 5. The summed E-state index contributed by atoms with van der Waals surface area (Å²) in [6, 6.07) is 2.95. The number of halogens is 3. The van der Waals surface area contributed by atoms with E-state index in [1.54, 1.807) is 0 Å². The Morgan fingerprint density at radius 2 is 1.81 bits per heavy atom. The molecule has 1 saturated carbocycles. The van der Waals surface area contributed by atoms with Gasteiger partial charge in [0, 0.05) is 43.3 Å². The summed E-state index contributed by atoms with van der Waals surface area (Å²) in [4.78, 5) is 29.0. The number of morpholine rings is 1. The molecule has 3 fully saturated rings. The van der Waals surface area contributed by atoms with Gasteiger partial charge in [-0.15, -0.1) is 0 Å². The first-order chi connectivity index (χ1) is 14.8. The van der Waals surface area contributed by atoms with Crippen LogP contribution in [0.15, 0.2) is 18.2 Å². The van der Waals surface area contributed by atoms with Gasteiger partial charge in [0.1, 0.15) is 5.82 Å². The van der Waals surface area contributed by atoms with Crippen molar-refractivity contribution in [1.29, 1.82) is 0 Å². The van der Waals surface area contributed by atoms with Gasteiger partial charge < -0.3 is 15.0 Å². The van der Waals surface area contributed by atoms with Gasteiger partial charge in [-0.2, -0.15) is 0 Å². The lowest BCUT2D eigenvalue weighted by Gasteiger charge is -2.53. The topological polar surface area (TPSA) is 61.9 Å². The number of likely N-dealkylation sites (tertiary alicyclic amines) is 1. The minimum Gasteiger partial charge on any atom is -0.378 e. The Labute approximate surface area is 179 Å². The van der Waals surface area contributed by atoms with Crippen LogP contribution in [0.3, 0.4) is 0 Å². The molecule has 0 radical (unpaired) electrons. The van der Waals surface area contributed by atoms with Gasteiger partial charge in [-0.1, -0.05) is 0 Å². The predicted molar refractivity (Wildman–Crippen MR) is 108 cm³/mol. The van der Waals surface area contributed by atoms with E-state index in [2.05, 4.69) is 10.2 Å². The van der Waals surface area contributed by atoms with Gasteiger partial charge in [-0.25, -0.2) is 13.2 Å². The fourth-order valence-electron chi connectivity index (χ4n) is 4.98. The first-order valence-corrected chi connectivity index (χ1v) is 10.8. The van der Waals surface area contributed by atoms with E-state index in [1.807, 2.05) is 4.90 Å². The van der Waals surface area contributed by atoms with Crippen molar-refractivity contribution in [2.75, 3.05) is 51.3 Å². The lowest BCUT2D eigenvalue weighted by Crippen LogP contribution is -2.60. The Bertz CT molecular complexity index is 813. The van der Waals surface area contributed by atoms with Crippen LogP contribution in [0.2, 0.25) is 0 Å². The van der Waals surface area contributed by atoms with Gasteiger partial charge >= 0.3 is 0 Å². The van der Waals surface area contributed by atoms with Crippen LogP contribution in [0.4, 0.5) is 18.9 Å². The van der Waals surface area contributed by atoms with Gasteiger partial charge in [0.05, 0.1) is 19.8 Å². The number of benzene rings is 1. The summed E-state index contributed by atoms with van der Waals surface area (Å²) in [7, 11) is 0. The maximum Gasteiger partial charge on any atom is 0.264 e. The zero-order valence-corrected chi connectivity index (χ0v) is 17.4. The molecule has 4 rings (SSSR count). The van der Waals surface area contributed by atoms with Gasteiger partial charge in [0.15, 0.2) is 0 Å². The van der Waals surface area contributed by atoms with Crippen molar-refractivity contribution in [3.63, 3.8) is 0 Å². The minimum atomic E-state index is -2.79. The van der Waals surface area contributed by atoms with Crippen LogP contribution < -0.4 is 5.32 Å². The molecule has 1 N–H and O–H groups in total. The highest BCUT2D eigenvalue weighted by Gasteiger charge is 2.46. The molecule has 31 heavy (non-hydrogen) atoms. The van der Waals surface area contributed by atoms with Crippen molar-refractivity contribution in [3.8, 4) is 0 Å². The lowest BCUT2D eigenvalue weighted by atomic mass is 9.65. The number of nitrogens with zero attached hydrogens (tertiary/aromatic N) is 2. The van der Waals surface area contributed by atoms with E-state index in [4.69, 9.17) is 4.74 Å². The zero-order chi connectivity index (χ0) is 22.0. The molecule has 0 bridgehead atoms. The van der Waals surface area contributed by atoms with Crippen LogP contribution in [0.1, 0.15) is 37.7 Å². The van der Waals surface area contributed by atoms with Crippen molar-refractivity contribution < 1.29 is 27.5 Å². The predicted octanol–water partition coefficient (Wildman–Crippen LogP) is 3.05. The Kier molecular flexibility index (Phi) is 6.52. The second kappa shape index (κ2) is 9.16. The van der Waals surface area contributed by atoms with Crippen molar-refractivity contribution in [1.82, 2.24) is 9.80 Å². The maximum absolute atomic E-state index is 13.6. The second-order valence-corrected chi connectivity index (χ2v) is 8.98. The molecule has 0 atom stereocenters. The summed E-state index contributed by atoms with van der Waals surface area (Å²) in [5, 5.41) is 2.60. The first-order valence-electron chi connectivity index (χ1n) is 10.8. The van der Waals surface area contributed by atoms with Crippen molar-refractivity contribution in [2.45, 2.75) is 32.1 Å². The van der Waals surface area contributed by atoms with Crippen molar-refractivity contribution in [3.05, 3.63) is 29.6 Å². The van der Waals surface area contributed by atoms with E-state index in [9.17, 15) is 22.8 Å². The van der Waals surface area contributed by atoms with Crippen LogP contribution >= 0.6 is 0 Å². The highest BCUT2D eigenvalue weighted by Crippen LogP contribution is 2.45. The molecule has 2 aliphatic heterocycles. The smallest absolute Gasteiger partial charge is 0.264 e. The number of nitrogens with one attached hydrogen (secondary N) is 1. The summed E-state index contributed by atoms with van der Waals surface area (Å²) < 4.78 is 44.5. The summed E-state index contributed by atoms with van der Waals surface area (Å²) in [6.45, 7) is 4.64.